The van der Waals surface area contributed by atoms with Crippen LogP contribution in [-0.2, 0) is 9.59 Å². The number of carbonyl (C=O) groups excluding carboxylic acids is 2. The molecular formula is C11H19NO2. The Morgan fingerprint density at radius 3 is 2.36 bits per heavy atom. The smallest absolute Gasteiger partial charge is 0.243 e. The number of ketones is 1. The summed E-state index contributed by atoms with van der Waals surface area (Å²) in [7, 11) is 0. The van der Waals surface area contributed by atoms with Crippen LogP contribution in [0.3, 0.4) is 0 Å². The molecule has 3 heteroatoms. The van der Waals surface area contributed by atoms with Crippen molar-refractivity contribution in [2.24, 2.45) is 5.92 Å². The molecule has 0 aromatic rings. The minimum absolute atomic E-state index is 0. The van der Waals surface area contributed by atoms with Crippen LogP contribution in [0.4, 0.5) is 0 Å². The lowest BCUT2D eigenvalue weighted by atomic mass is 10.1. The van der Waals surface area contributed by atoms with E-state index in [-0.39, 0.29) is 25.0 Å². The van der Waals surface area contributed by atoms with Crippen LogP contribution in [-0.4, -0.2) is 18.2 Å². The van der Waals surface area contributed by atoms with Crippen molar-refractivity contribution in [2.45, 2.75) is 20.8 Å². The Hall–Kier alpha value is -1.38. The van der Waals surface area contributed by atoms with Crippen LogP contribution in [0.25, 0.3) is 0 Å². The van der Waals surface area contributed by atoms with Gasteiger partial charge in [0, 0.05) is 13.0 Å². The van der Waals surface area contributed by atoms with Crippen molar-refractivity contribution < 1.29 is 9.59 Å². The van der Waals surface area contributed by atoms with Gasteiger partial charge in [-0.15, -0.1) is 0 Å². The van der Waals surface area contributed by atoms with E-state index in [1.807, 2.05) is 6.92 Å². The molecule has 0 aliphatic rings. The quantitative estimate of drug-likeness (QED) is 0.659. The van der Waals surface area contributed by atoms with E-state index >= 15 is 0 Å². The Morgan fingerprint density at radius 1 is 1.36 bits per heavy atom. The fourth-order valence-corrected chi connectivity index (χ4v) is 0.846. The van der Waals surface area contributed by atoms with E-state index in [4.69, 9.17) is 0 Å². The van der Waals surface area contributed by atoms with Gasteiger partial charge in [0.2, 0.25) is 5.91 Å². The van der Waals surface area contributed by atoms with Crippen molar-refractivity contribution in [1.29, 1.82) is 0 Å². The zero-order valence-corrected chi connectivity index (χ0v) is 7.88. The van der Waals surface area contributed by atoms with E-state index in [9.17, 15) is 9.59 Å². The predicted octanol–water partition coefficient (Wildman–Crippen LogP) is 1.71. The molecule has 1 unspecified atom stereocenters. The van der Waals surface area contributed by atoms with E-state index in [0.29, 0.717) is 13.0 Å². The van der Waals surface area contributed by atoms with Crippen molar-refractivity contribution in [3.8, 4) is 0 Å². The summed E-state index contributed by atoms with van der Waals surface area (Å²) in [5.74, 6) is -0.0762. The lowest BCUT2D eigenvalue weighted by molar-refractivity contribution is -0.118. The first-order valence-corrected chi connectivity index (χ1v) is 4.15. The molecule has 0 heterocycles. The average molecular weight is 197 g/mol. The van der Waals surface area contributed by atoms with Crippen LogP contribution in [0.1, 0.15) is 20.8 Å². The van der Waals surface area contributed by atoms with E-state index in [1.54, 1.807) is 0 Å². The Kier molecular flexibility index (Phi) is 8.88. The number of hydrogen-bond donors (Lipinski definition) is 1. The van der Waals surface area contributed by atoms with Gasteiger partial charge in [0.05, 0.1) is 0 Å². The lowest BCUT2D eigenvalue weighted by Gasteiger charge is -2.08. The van der Waals surface area contributed by atoms with E-state index in [2.05, 4.69) is 18.5 Å². The highest BCUT2D eigenvalue weighted by molar-refractivity contribution is 5.89. The van der Waals surface area contributed by atoms with Gasteiger partial charge in [-0.3, -0.25) is 9.59 Å². The van der Waals surface area contributed by atoms with Crippen LogP contribution in [0, 0.1) is 5.92 Å². The summed E-state index contributed by atoms with van der Waals surface area (Å²) in [6, 6.07) is 0. The van der Waals surface area contributed by atoms with Gasteiger partial charge in [-0.2, -0.15) is 0 Å². The zero-order valence-electron chi connectivity index (χ0n) is 7.88. The maximum atomic E-state index is 10.9. The molecule has 0 aliphatic carbocycles. The SMILES string of the molecule is C.C=CC(=O)CC(C)CNC(=O)C=C. The first-order chi connectivity index (χ1) is 6.10. The molecule has 3 nitrogen and oxygen atoms in total. The maximum Gasteiger partial charge on any atom is 0.243 e. The van der Waals surface area contributed by atoms with Gasteiger partial charge in [0.25, 0.3) is 0 Å². The van der Waals surface area contributed by atoms with Crippen molar-refractivity contribution >= 4 is 11.7 Å². The van der Waals surface area contributed by atoms with Crippen LogP contribution >= 0.6 is 0 Å². The molecule has 1 atom stereocenters. The molecule has 0 aliphatic heterocycles. The Labute approximate surface area is 85.9 Å². The fourth-order valence-electron chi connectivity index (χ4n) is 0.846. The highest BCUT2D eigenvalue weighted by Crippen LogP contribution is 2.00. The van der Waals surface area contributed by atoms with Gasteiger partial charge < -0.3 is 5.32 Å². The molecule has 0 saturated heterocycles. The fraction of sp³-hybridized carbons (Fsp3) is 0.455. The van der Waals surface area contributed by atoms with Crippen LogP contribution in [0.2, 0.25) is 0 Å². The van der Waals surface area contributed by atoms with E-state index in [0.717, 1.165) is 0 Å². The molecule has 1 amide bonds. The summed E-state index contributed by atoms with van der Waals surface area (Å²) in [5, 5.41) is 2.62. The molecule has 80 valence electrons. The number of amides is 1. The summed E-state index contributed by atoms with van der Waals surface area (Å²) in [4.78, 5) is 21.6. The van der Waals surface area contributed by atoms with Gasteiger partial charge in [-0.25, -0.2) is 0 Å². The third kappa shape index (κ3) is 7.28. The predicted molar refractivity (Wildman–Crippen MR) is 58.9 cm³/mol. The van der Waals surface area contributed by atoms with Gasteiger partial charge in [-0.05, 0) is 18.1 Å². The second-order valence-corrected chi connectivity index (χ2v) is 2.93. The summed E-state index contributed by atoms with van der Waals surface area (Å²) < 4.78 is 0. The minimum Gasteiger partial charge on any atom is -0.352 e. The number of hydrogen-bond acceptors (Lipinski definition) is 2. The highest BCUT2D eigenvalue weighted by Gasteiger charge is 2.06. The lowest BCUT2D eigenvalue weighted by Crippen LogP contribution is -2.27. The number of nitrogens with one attached hydrogen (secondary N) is 1. The Morgan fingerprint density at radius 2 is 1.93 bits per heavy atom. The molecule has 1 N–H and O–H groups in total. The van der Waals surface area contributed by atoms with E-state index < -0.39 is 0 Å². The van der Waals surface area contributed by atoms with Gasteiger partial charge in [0.1, 0.15) is 0 Å². The van der Waals surface area contributed by atoms with Crippen molar-refractivity contribution in [3.63, 3.8) is 0 Å². The standard InChI is InChI=1S/C10H15NO2.CH4/c1-4-9(12)6-8(3)7-11-10(13)5-2;/h4-5,8H,1-2,6-7H2,3H3,(H,11,13);1H4. The third-order valence-corrected chi connectivity index (χ3v) is 1.59. The summed E-state index contributed by atoms with van der Waals surface area (Å²) in [6.45, 7) is 9.08. The second-order valence-electron chi connectivity index (χ2n) is 2.93. The number of allylic oxidation sites excluding steroid dienone is 1. The molecule has 0 saturated carbocycles. The van der Waals surface area contributed by atoms with Gasteiger partial charge in [-0.1, -0.05) is 27.5 Å². The topological polar surface area (TPSA) is 46.2 Å². The van der Waals surface area contributed by atoms with Crippen LogP contribution in [0.15, 0.2) is 25.3 Å². The maximum absolute atomic E-state index is 10.9. The van der Waals surface area contributed by atoms with Crippen molar-refractivity contribution in [1.82, 2.24) is 5.32 Å². The third-order valence-electron chi connectivity index (χ3n) is 1.59. The molecule has 0 fully saturated rings. The highest BCUT2D eigenvalue weighted by atomic mass is 16.1. The van der Waals surface area contributed by atoms with Gasteiger partial charge in [0.15, 0.2) is 5.78 Å². The molecule has 0 rings (SSSR count). The average Bonchev–Trinajstić information content (AvgIpc) is 2.13. The summed E-state index contributed by atoms with van der Waals surface area (Å²) in [5.41, 5.74) is 0. The Bertz CT molecular complexity index is 221. The van der Waals surface area contributed by atoms with Crippen molar-refractivity contribution in [3.05, 3.63) is 25.3 Å². The van der Waals surface area contributed by atoms with Crippen molar-refractivity contribution in [2.75, 3.05) is 6.54 Å². The molecule has 0 bridgehead atoms. The monoisotopic (exact) mass is 197 g/mol. The number of carbonyl (C=O) groups is 2. The summed E-state index contributed by atoms with van der Waals surface area (Å²) >= 11 is 0. The van der Waals surface area contributed by atoms with E-state index in [1.165, 1.54) is 12.2 Å². The normalized spacial score (nSPS) is 10.6. The molecule has 14 heavy (non-hydrogen) atoms. The minimum atomic E-state index is -0.210. The number of rotatable bonds is 6. The molecule has 0 spiro atoms. The molecule has 0 aromatic carbocycles. The molecule has 0 aromatic heterocycles. The van der Waals surface area contributed by atoms with Crippen LogP contribution in [0.5, 0.6) is 0 Å². The largest absolute Gasteiger partial charge is 0.352 e. The Balaban J connectivity index is 0. The first-order valence-electron chi connectivity index (χ1n) is 4.15. The van der Waals surface area contributed by atoms with Gasteiger partial charge >= 0.3 is 0 Å². The summed E-state index contributed by atoms with van der Waals surface area (Å²) in [6.07, 6.45) is 2.93. The van der Waals surface area contributed by atoms with Crippen LogP contribution < -0.4 is 5.32 Å². The zero-order chi connectivity index (χ0) is 10.3. The second kappa shape index (κ2) is 8.23. The first kappa shape index (κ1) is 15.1. The molecular weight excluding hydrogens is 178 g/mol. The molecule has 0 radical (unpaired) electrons.